The van der Waals surface area contributed by atoms with Crippen LogP contribution in [0.5, 0.6) is 0 Å². The lowest BCUT2D eigenvalue weighted by molar-refractivity contribution is 0.0764. The van der Waals surface area contributed by atoms with E-state index in [1.807, 2.05) is 43.0 Å². The topological polar surface area (TPSA) is 87.9 Å². The largest absolute Gasteiger partial charge is 0.337 e. The maximum Gasteiger partial charge on any atom is 0.254 e. The number of H-pyrrole nitrogens is 1. The average molecular weight is 337 g/mol. The highest BCUT2D eigenvalue weighted by atomic mass is 16.2. The van der Waals surface area contributed by atoms with Gasteiger partial charge < -0.3 is 10.6 Å². The number of nitrogens with zero attached hydrogens (tertiary/aromatic N) is 3. The van der Waals surface area contributed by atoms with Gasteiger partial charge in [-0.05, 0) is 31.9 Å². The van der Waals surface area contributed by atoms with E-state index in [1.54, 1.807) is 0 Å². The molecule has 2 aromatic heterocycles. The van der Waals surface area contributed by atoms with Crippen molar-refractivity contribution in [3.63, 3.8) is 0 Å². The van der Waals surface area contributed by atoms with Crippen LogP contribution in [0.1, 0.15) is 27.3 Å². The Bertz CT molecular complexity index is 872. The Labute approximate surface area is 147 Å². The molecule has 6 nitrogen and oxygen atoms in total. The van der Waals surface area contributed by atoms with Gasteiger partial charge in [-0.15, -0.1) is 0 Å². The molecule has 0 saturated carbocycles. The number of aromatic nitrogens is 3. The number of carbonyl (C=O) groups excluding carboxylic acids is 1. The zero-order valence-electron chi connectivity index (χ0n) is 14.6. The number of carbonyl (C=O) groups is 1. The molecule has 3 aromatic rings. The van der Waals surface area contributed by atoms with Gasteiger partial charge in [-0.1, -0.05) is 30.3 Å². The molecule has 25 heavy (non-hydrogen) atoms. The summed E-state index contributed by atoms with van der Waals surface area (Å²) in [6.45, 7) is 5.35. The number of pyridine rings is 1. The maximum atomic E-state index is 13.2. The standard InChI is InChI=1S/C19H23N5O/c1-13-12-16(17-14(2)22-23-18(17)21-13)19(25)24(11-9-20)10-8-15-6-4-3-5-7-15/h3-7,12H,8-11,20H2,1-2H3,(H,21,22,23). The Balaban J connectivity index is 1.89. The lowest BCUT2D eigenvalue weighted by atomic mass is 10.1. The quantitative estimate of drug-likeness (QED) is 0.722. The molecule has 0 spiro atoms. The summed E-state index contributed by atoms with van der Waals surface area (Å²) in [6.07, 6.45) is 0.796. The fourth-order valence-electron chi connectivity index (χ4n) is 3.02. The lowest BCUT2D eigenvalue weighted by Gasteiger charge is -2.23. The van der Waals surface area contributed by atoms with Gasteiger partial charge in [-0.2, -0.15) is 5.10 Å². The number of fused-ring (bicyclic) bond motifs is 1. The van der Waals surface area contributed by atoms with Gasteiger partial charge in [0, 0.05) is 31.0 Å². The zero-order valence-corrected chi connectivity index (χ0v) is 14.6. The van der Waals surface area contributed by atoms with Gasteiger partial charge in [-0.25, -0.2) is 4.98 Å². The highest BCUT2D eigenvalue weighted by molar-refractivity contribution is 6.06. The first-order chi connectivity index (χ1) is 12.1. The molecule has 0 saturated heterocycles. The Kier molecular flexibility index (Phi) is 5.09. The molecule has 0 radical (unpaired) electrons. The van der Waals surface area contributed by atoms with Crippen molar-refractivity contribution in [2.45, 2.75) is 20.3 Å². The van der Waals surface area contributed by atoms with Crippen LogP contribution in [0.4, 0.5) is 0 Å². The van der Waals surface area contributed by atoms with Crippen LogP contribution in [-0.4, -0.2) is 45.6 Å². The Hall–Kier alpha value is -2.73. The van der Waals surface area contributed by atoms with Gasteiger partial charge in [0.2, 0.25) is 0 Å². The van der Waals surface area contributed by atoms with Gasteiger partial charge in [0.1, 0.15) is 0 Å². The van der Waals surface area contributed by atoms with Gasteiger partial charge in [0.05, 0.1) is 10.9 Å². The molecular weight excluding hydrogens is 314 g/mol. The predicted molar refractivity (Wildman–Crippen MR) is 98.5 cm³/mol. The molecule has 0 aliphatic heterocycles. The van der Waals surface area contributed by atoms with E-state index in [4.69, 9.17) is 5.73 Å². The van der Waals surface area contributed by atoms with Crippen molar-refractivity contribution in [1.82, 2.24) is 20.1 Å². The lowest BCUT2D eigenvalue weighted by Crippen LogP contribution is -2.37. The van der Waals surface area contributed by atoms with Crippen molar-refractivity contribution in [3.8, 4) is 0 Å². The number of aryl methyl sites for hydroxylation is 2. The minimum atomic E-state index is -0.0265. The summed E-state index contributed by atoms with van der Waals surface area (Å²) in [7, 11) is 0. The fraction of sp³-hybridized carbons (Fsp3) is 0.316. The van der Waals surface area contributed by atoms with E-state index >= 15 is 0 Å². The summed E-state index contributed by atoms with van der Waals surface area (Å²) in [6, 6.07) is 12.0. The third-order valence-electron chi connectivity index (χ3n) is 4.26. The van der Waals surface area contributed by atoms with Crippen molar-refractivity contribution in [3.05, 3.63) is 58.9 Å². The first kappa shape index (κ1) is 17.1. The molecule has 3 N–H and O–H groups in total. The average Bonchev–Trinajstić information content (AvgIpc) is 2.99. The van der Waals surface area contributed by atoms with Crippen LogP contribution < -0.4 is 5.73 Å². The summed E-state index contributed by atoms with van der Waals surface area (Å²) in [5.74, 6) is -0.0265. The molecule has 0 aliphatic carbocycles. The summed E-state index contributed by atoms with van der Waals surface area (Å²) < 4.78 is 0. The van der Waals surface area contributed by atoms with E-state index in [2.05, 4.69) is 27.3 Å². The minimum absolute atomic E-state index is 0.0265. The predicted octanol–water partition coefficient (Wildman–Crippen LogP) is 2.22. The molecule has 0 bridgehead atoms. The van der Waals surface area contributed by atoms with Crippen LogP contribution in [0.2, 0.25) is 0 Å². The third-order valence-corrected chi connectivity index (χ3v) is 4.26. The maximum absolute atomic E-state index is 13.2. The monoisotopic (exact) mass is 337 g/mol. The van der Waals surface area contributed by atoms with Crippen LogP contribution in [0.3, 0.4) is 0 Å². The molecule has 130 valence electrons. The molecular formula is C19H23N5O. The van der Waals surface area contributed by atoms with Gasteiger partial charge in [0.15, 0.2) is 5.65 Å². The van der Waals surface area contributed by atoms with Crippen LogP contribution in [0, 0.1) is 13.8 Å². The van der Waals surface area contributed by atoms with Gasteiger partial charge in [-0.3, -0.25) is 9.89 Å². The minimum Gasteiger partial charge on any atom is -0.337 e. The van der Waals surface area contributed by atoms with E-state index in [0.717, 1.165) is 23.2 Å². The number of hydrogen-bond donors (Lipinski definition) is 2. The number of hydrogen-bond acceptors (Lipinski definition) is 4. The molecule has 2 heterocycles. The van der Waals surface area contributed by atoms with Crippen molar-refractivity contribution < 1.29 is 4.79 Å². The fourth-order valence-corrected chi connectivity index (χ4v) is 3.02. The highest BCUT2D eigenvalue weighted by Crippen LogP contribution is 2.21. The summed E-state index contributed by atoms with van der Waals surface area (Å²) in [5.41, 5.74) is 9.78. The summed E-state index contributed by atoms with van der Waals surface area (Å²) in [4.78, 5) is 19.4. The molecule has 3 rings (SSSR count). The molecule has 0 unspecified atom stereocenters. The Morgan fingerprint density at radius 1 is 1.20 bits per heavy atom. The number of nitrogens with two attached hydrogens (primary N) is 1. The van der Waals surface area contributed by atoms with E-state index in [9.17, 15) is 4.79 Å². The second-order valence-electron chi connectivity index (χ2n) is 6.17. The first-order valence-corrected chi connectivity index (χ1v) is 8.45. The SMILES string of the molecule is Cc1cc(C(=O)N(CCN)CCc2ccccc2)c2c(C)[nH]nc2n1. The first-order valence-electron chi connectivity index (χ1n) is 8.45. The van der Waals surface area contributed by atoms with Crippen molar-refractivity contribution in [2.24, 2.45) is 5.73 Å². The molecule has 1 aromatic carbocycles. The molecule has 0 atom stereocenters. The van der Waals surface area contributed by atoms with Crippen LogP contribution >= 0.6 is 0 Å². The van der Waals surface area contributed by atoms with E-state index in [1.165, 1.54) is 5.56 Å². The molecule has 1 amide bonds. The van der Waals surface area contributed by atoms with Gasteiger partial charge >= 0.3 is 0 Å². The second-order valence-corrected chi connectivity index (χ2v) is 6.17. The van der Waals surface area contributed by atoms with Crippen LogP contribution in [-0.2, 0) is 6.42 Å². The van der Waals surface area contributed by atoms with Crippen molar-refractivity contribution >= 4 is 16.9 Å². The Morgan fingerprint density at radius 3 is 2.68 bits per heavy atom. The summed E-state index contributed by atoms with van der Waals surface area (Å²) >= 11 is 0. The van der Waals surface area contributed by atoms with E-state index in [-0.39, 0.29) is 5.91 Å². The van der Waals surface area contributed by atoms with E-state index < -0.39 is 0 Å². The summed E-state index contributed by atoms with van der Waals surface area (Å²) in [5, 5.41) is 7.90. The highest BCUT2D eigenvalue weighted by Gasteiger charge is 2.21. The van der Waals surface area contributed by atoms with Crippen molar-refractivity contribution in [1.29, 1.82) is 0 Å². The molecule has 0 fully saturated rings. The van der Waals surface area contributed by atoms with Crippen LogP contribution in [0.15, 0.2) is 36.4 Å². The van der Waals surface area contributed by atoms with Crippen LogP contribution in [0.25, 0.3) is 11.0 Å². The van der Waals surface area contributed by atoms with Crippen molar-refractivity contribution in [2.75, 3.05) is 19.6 Å². The third kappa shape index (κ3) is 3.69. The number of nitrogens with one attached hydrogen (secondary N) is 1. The molecule has 6 heteroatoms. The van der Waals surface area contributed by atoms with Gasteiger partial charge in [0.25, 0.3) is 5.91 Å². The zero-order chi connectivity index (χ0) is 17.8. The normalized spacial score (nSPS) is 11.0. The second kappa shape index (κ2) is 7.44. The number of rotatable bonds is 6. The number of aromatic amines is 1. The molecule has 0 aliphatic rings. The smallest absolute Gasteiger partial charge is 0.254 e. The van der Waals surface area contributed by atoms with E-state index in [0.29, 0.717) is 30.8 Å². The number of benzene rings is 1. The Morgan fingerprint density at radius 2 is 1.96 bits per heavy atom. The number of amides is 1.